The summed E-state index contributed by atoms with van der Waals surface area (Å²) in [5, 5.41) is 1.03. The maximum Gasteiger partial charge on any atom is 0.131 e. The molecule has 0 amide bonds. The number of nitrogens with zero attached hydrogens (tertiary/aromatic N) is 2. The number of hydrogen-bond donors (Lipinski definition) is 1. The van der Waals surface area contributed by atoms with E-state index in [1.54, 1.807) is 12.1 Å². The maximum absolute atomic E-state index is 6.39. The van der Waals surface area contributed by atoms with Crippen LogP contribution in [0.3, 0.4) is 0 Å². The fourth-order valence-corrected chi connectivity index (χ4v) is 2.83. The first-order chi connectivity index (χ1) is 10.1. The van der Waals surface area contributed by atoms with Crippen molar-refractivity contribution < 1.29 is 0 Å². The monoisotopic (exact) mass is 319 g/mol. The molecule has 0 radical (unpaired) electrons. The van der Waals surface area contributed by atoms with Gasteiger partial charge in [0.2, 0.25) is 0 Å². The van der Waals surface area contributed by atoms with Crippen molar-refractivity contribution in [3.63, 3.8) is 0 Å². The van der Waals surface area contributed by atoms with Crippen LogP contribution in [0.4, 0.5) is 0 Å². The Hall–Kier alpha value is -1.55. The summed E-state index contributed by atoms with van der Waals surface area (Å²) in [5.41, 5.74) is 9.33. The Kier molecular flexibility index (Phi) is 3.89. The van der Waals surface area contributed by atoms with Crippen LogP contribution in [0, 0.1) is 0 Å². The number of fused-ring (bicyclic) bond motifs is 1. The number of benzene rings is 2. The summed E-state index contributed by atoms with van der Waals surface area (Å²) in [6.07, 6.45) is 0. The predicted molar refractivity (Wildman–Crippen MR) is 87.9 cm³/mol. The SMILES string of the molecule is CCn1c(C(N)c2ccc(Cl)c(Cl)c2)nc2ccccc21. The maximum atomic E-state index is 6.39. The molecule has 3 rings (SSSR count). The van der Waals surface area contributed by atoms with E-state index < -0.39 is 0 Å². The Balaban J connectivity index is 2.12. The van der Waals surface area contributed by atoms with Gasteiger partial charge >= 0.3 is 0 Å². The zero-order chi connectivity index (χ0) is 15.0. The van der Waals surface area contributed by atoms with Gasteiger partial charge in [-0.2, -0.15) is 0 Å². The van der Waals surface area contributed by atoms with Gasteiger partial charge < -0.3 is 10.3 Å². The lowest BCUT2D eigenvalue weighted by atomic mass is 10.1. The summed E-state index contributed by atoms with van der Waals surface area (Å²) in [6.45, 7) is 2.89. The van der Waals surface area contributed by atoms with Crippen LogP contribution in [0.5, 0.6) is 0 Å². The summed E-state index contributed by atoms with van der Waals surface area (Å²) in [7, 11) is 0. The number of para-hydroxylation sites is 2. The third-order valence-corrected chi connectivity index (χ3v) is 4.32. The van der Waals surface area contributed by atoms with E-state index in [1.165, 1.54) is 0 Å². The average Bonchev–Trinajstić information content (AvgIpc) is 2.87. The van der Waals surface area contributed by atoms with E-state index >= 15 is 0 Å². The highest BCUT2D eigenvalue weighted by Crippen LogP contribution is 2.29. The van der Waals surface area contributed by atoms with Crippen molar-refractivity contribution in [1.82, 2.24) is 9.55 Å². The van der Waals surface area contributed by atoms with Gasteiger partial charge in [0, 0.05) is 6.54 Å². The van der Waals surface area contributed by atoms with E-state index in [9.17, 15) is 0 Å². The predicted octanol–water partition coefficient (Wildman–Crippen LogP) is 4.41. The van der Waals surface area contributed by atoms with Crippen molar-refractivity contribution >= 4 is 34.2 Å². The largest absolute Gasteiger partial charge is 0.327 e. The van der Waals surface area contributed by atoms with E-state index in [-0.39, 0.29) is 6.04 Å². The lowest BCUT2D eigenvalue weighted by molar-refractivity contribution is 0.671. The molecule has 1 heterocycles. The van der Waals surface area contributed by atoms with Gasteiger partial charge in [0.15, 0.2) is 0 Å². The Labute approximate surface area is 133 Å². The highest BCUT2D eigenvalue weighted by Gasteiger charge is 2.18. The van der Waals surface area contributed by atoms with Crippen molar-refractivity contribution in [2.45, 2.75) is 19.5 Å². The molecule has 1 atom stereocenters. The second-order valence-corrected chi connectivity index (χ2v) is 5.67. The number of aryl methyl sites for hydroxylation is 1. The molecule has 0 fully saturated rings. The van der Waals surface area contributed by atoms with Crippen molar-refractivity contribution in [3.8, 4) is 0 Å². The molecular weight excluding hydrogens is 305 g/mol. The Morgan fingerprint density at radius 2 is 1.90 bits per heavy atom. The van der Waals surface area contributed by atoms with Crippen LogP contribution < -0.4 is 5.73 Å². The Bertz CT molecular complexity index is 795. The first-order valence-corrected chi connectivity index (χ1v) is 7.53. The van der Waals surface area contributed by atoms with Crippen LogP contribution in [0.2, 0.25) is 10.0 Å². The van der Waals surface area contributed by atoms with E-state index in [0.29, 0.717) is 10.0 Å². The molecule has 3 aromatic rings. The summed E-state index contributed by atoms with van der Waals surface area (Å²) in [4.78, 5) is 4.67. The van der Waals surface area contributed by atoms with Crippen molar-refractivity contribution in [1.29, 1.82) is 0 Å². The molecule has 3 nitrogen and oxygen atoms in total. The van der Waals surface area contributed by atoms with Crippen LogP contribution >= 0.6 is 23.2 Å². The summed E-state index contributed by atoms with van der Waals surface area (Å²) < 4.78 is 2.13. The molecule has 0 saturated carbocycles. The molecule has 0 aliphatic rings. The van der Waals surface area contributed by atoms with Crippen molar-refractivity contribution in [2.75, 3.05) is 0 Å². The fourth-order valence-electron chi connectivity index (χ4n) is 2.52. The molecule has 0 saturated heterocycles. The van der Waals surface area contributed by atoms with Crippen LogP contribution in [0.15, 0.2) is 42.5 Å². The van der Waals surface area contributed by atoms with Gasteiger partial charge in [-0.05, 0) is 36.8 Å². The highest BCUT2D eigenvalue weighted by atomic mass is 35.5. The quantitative estimate of drug-likeness (QED) is 0.777. The van der Waals surface area contributed by atoms with Gasteiger partial charge in [-0.3, -0.25) is 0 Å². The molecule has 0 aliphatic heterocycles. The zero-order valence-corrected chi connectivity index (χ0v) is 13.1. The summed E-state index contributed by atoms with van der Waals surface area (Å²) in [6, 6.07) is 13.1. The lowest BCUT2D eigenvalue weighted by Crippen LogP contribution is -2.17. The van der Waals surface area contributed by atoms with Crippen molar-refractivity contribution in [3.05, 3.63) is 63.9 Å². The molecule has 21 heavy (non-hydrogen) atoms. The van der Waals surface area contributed by atoms with E-state index in [4.69, 9.17) is 28.9 Å². The van der Waals surface area contributed by atoms with Crippen LogP contribution in [0.25, 0.3) is 11.0 Å². The van der Waals surface area contributed by atoms with Gasteiger partial charge in [0.25, 0.3) is 0 Å². The van der Waals surface area contributed by atoms with Gasteiger partial charge in [0.1, 0.15) is 5.82 Å². The third-order valence-electron chi connectivity index (χ3n) is 3.58. The second-order valence-electron chi connectivity index (χ2n) is 4.85. The summed E-state index contributed by atoms with van der Waals surface area (Å²) >= 11 is 12.0. The average molecular weight is 320 g/mol. The zero-order valence-electron chi connectivity index (χ0n) is 11.6. The molecule has 0 bridgehead atoms. The second kappa shape index (κ2) is 5.68. The number of halogens is 2. The van der Waals surface area contributed by atoms with Crippen LogP contribution in [0.1, 0.15) is 24.4 Å². The van der Waals surface area contributed by atoms with Crippen LogP contribution in [-0.4, -0.2) is 9.55 Å². The standard InChI is InChI=1S/C16H15Cl2N3/c1-2-21-14-6-4-3-5-13(14)20-16(21)15(19)10-7-8-11(17)12(18)9-10/h3-9,15H,2,19H2,1H3. The van der Waals surface area contributed by atoms with E-state index in [2.05, 4.69) is 22.5 Å². The molecular formula is C16H15Cl2N3. The van der Waals surface area contributed by atoms with E-state index in [1.807, 2.05) is 24.3 Å². The summed E-state index contributed by atoms with van der Waals surface area (Å²) in [5.74, 6) is 0.831. The van der Waals surface area contributed by atoms with Gasteiger partial charge in [-0.25, -0.2) is 4.98 Å². The minimum atomic E-state index is -0.341. The molecule has 2 aromatic carbocycles. The highest BCUT2D eigenvalue weighted by molar-refractivity contribution is 6.42. The lowest BCUT2D eigenvalue weighted by Gasteiger charge is -2.14. The first-order valence-electron chi connectivity index (χ1n) is 6.77. The Morgan fingerprint density at radius 1 is 1.14 bits per heavy atom. The first kappa shape index (κ1) is 14.4. The molecule has 1 aromatic heterocycles. The minimum Gasteiger partial charge on any atom is -0.327 e. The molecule has 0 aliphatic carbocycles. The third kappa shape index (κ3) is 2.53. The smallest absolute Gasteiger partial charge is 0.131 e. The number of imidazole rings is 1. The Morgan fingerprint density at radius 3 is 2.62 bits per heavy atom. The molecule has 108 valence electrons. The van der Waals surface area contributed by atoms with Gasteiger partial charge in [0.05, 0.1) is 27.1 Å². The molecule has 2 N–H and O–H groups in total. The van der Waals surface area contributed by atoms with Crippen molar-refractivity contribution in [2.24, 2.45) is 5.73 Å². The number of nitrogens with two attached hydrogens (primary N) is 1. The van der Waals surface area contributed by atoms with Gasteiger partial charge in [-0.1, -0.05) is 41.4 Å². The fraction of sp³-hybridized carbons (Fsp3) is 0.188. The minimum absolute atomic E-state index is 0.341. The normalized spacial score (nSPS) is 12.8. The molecule has 1 unspecified atom stereocenters. The number of rotatable bonds is 3. The number of aromatic nitrogens is 2. The number of hydrogen-bond acceptors (Lipinski definition) is 2. The van der Waals surface area contributed by atoms with Crippen LogP contribution in [-0.2, 0) is 6.54 Å². The van der Waals surface area contributed by atoms with Gasteiger partial charge in [-0.15, -0.1) is 0 Å². The molecule has 0 spiro atoms. The van der Waals surface area contributed by atoms with E-state index in [0.717, 1.165) is 29.0 Å². The topological polar surface area (TPSA) is 43.8 Å². The molecule has 5 heteroatoms.